The molecule has 0 radical (unpaired) electrons. The molecule has 0 spiro atoms. The molecule has 23 heavy (non-hydrogen) atoms. The van der Waals surface area contributed by atoms with Crippen LogP contribution in [-0.2, 0) is 13.1 Å². The fourth-order valence-corrected chi connectivity index (χ4v) is 3.24. The summed E-state index contributed by atoms with van der Waals surface area (Å²) in [5, 5.41) is 12.2. The molecule has 6 heteroatoms. The Hall–Kier alpha value is -1.95. The molecule has 1 saturated heterocycles. The molecule has 1 fully saturated rings. The summed E-state index contributed by atoms with van der Waals surface area (Å²) >= 11 is 0. The van der Waals surface area contributed by atoms with E-state index in [2.05, 4.69) is 45.5 Å². The van der Waals surface area contributed by atoms with Gasteiger partial charge in [0, 0.05) is 12.6 Å². The molecular weight excluding hydrogens is 290 g/mol. The zero-order valence-corrected chi connectivity index (χ0v) is 14.0. The predicted octanol–water partition coefficient (Wildman–Crippen LogP) is 2.82. The summed E-state index contributed by atoms with van der Waals surface area (Å²) in [5.41, 5.74) is 1.31. The maximum atomic E-state index is 5.36. The molecule has 1 aromatic heterocycles. The number of likely N-dealkylation sites (tertiary alicyclic amines) is 1. The lowest BCUT2D eigenvalue weighted by atomic mass is 10.0. The van der Waals surface area contributed by atoms with Crippen molar-refractivity contribution in [2.24, 2.45) is 0 Å². The number of aryl methyl sites for hydroxylation is 1. The van der Waals surface area contributed by atoms with Gasteiger partial charge in [-0.3, -0.25) is 4.90 Å². The number of methoxy groups -OCH3 is 1. The van der Waals surface area contributed by atoms with Gasteiger partial charge in [0.05, 0.1) is 13.7 Å². The van der Waals surface area contributed by atoms with Crippen molar-refractivity contribution in [1.82, 2.24) is 25.1 Å². The lowest BCUT2D eigenvalue weighted by Gasteiger charge is -2.24. The van der Waals surface area contributed by atoms with E-state index in [1.165, 1.54) is 18.4 Å². The SMILES string of the molecule is CCCCn1nnnc1CN1CCC[C@H]1c1cccc(OC)c1. The van der Waals surface area contributed by atoms with Gasteiger partial charge in [0.2, 0.25) is 0 Å². The van der Waals surface area contributed by atoms with Crippen LogP contribution in [0.4, 0.5) is 0 Å². The van der Waals surface area contributed by atoms with Crippen LogP contribution < -0.4 is 4.74 Å². The number of hydrogen-bond donors (Lipinski definition) is 0. The average molecular weight is 315 g/mol. The molecule has 0 amide bonds. The zero-order chi connectivity index (χ0) is 16.1. The van der Waals surface area contributed by atoms with Crippen LogP contribution in [0.2, 0.25) is 0 Å². The second-order valence-corrected chi connectivity index (χ2v) is 6.08. The highest BCUT2D eigenvalue weighted by atomic mass is 16.5. The summed E-state index contributed by atoms with van der Waals surface area (Å²) in [6, 6.07) is 8.81. The van der Waals surface area contributed by atoms with E-state index in [1.54, 1.807) is 7.11 Å². The van der Waals surface area contributed by atoms with Crippen LogP contribution in [-0.4, -0.2) is 38.8 Å². The first kappa shape index (κ1) is 15.9. The van der Waals surface area contributed by atoms with E-state index in [1.807, 2.05) is 10.7 Å². The first-order chi connectivity index (χ1) is 11.3. The highest BCUT2D eigenvalue weighted by Crippen LogP contribution is 2.34. The van der Waals surface area contributed by atoms with Crippen LogP contribution in [0.5, 0.6) is 5.75 Å². The Kier molecular flexibility index (Phi) is 5.23. The molecule has 0 bridgehead atoms. The Labute approximate surface area is 137 Å². The van der Waals surface area contributed by atoms with E-state index in [9.17, 15) is 0 Å². The van der Waals surface area contributed by atoms with Crippen molar-refractivity contribution in [3.63, 3.8) is 0 Å². The van der Waals surface area contributed by atoms with Crippen LogP contribution in [0.25, 0.3) is 0 Å². The third kappa shape index (κ3) is 3.69. The number of ether oxygens (including phenoxy) is 1. The van der Waals surface area contributed by atoms with Gasteiger partial charge >= 0.3 is 0 Å². The highest BCUT2D eigenvalue weighted by molar-refractivity contribution is 5.31. The molecule has 2 heterocycles. The van der Waals surface area contributed by atoms with Gasteiger partial charge in [-0.05, 0) is 53.9 Å². The van der Waals surface area contributed by atoms with Crippen LogP contribution in [0.3, 0.4) is 0 Å². The number of nitrogens with zero attached hydrogens (tertiary/aromatic N) is 5. The van der Waals surface area contributed by atoms with Gasteiger partial charge in [-0.1, -0.05) is 25.5 Å². The molecule has 1 aliphatic heterocycles. The Balaban J connectivity index is 1.73. The van der Waals surface area contributed by atoms with Crippen molar-refractivity contribution in [1.29, 1.82) is 0 Å². The maximum Gasteiger partial charge on any atom is 0.165 e. The molecule has 0 aliphatic carbocycles. The first-order valence-corrected chi connectivity index (χ1v) is 8.45. The predicted molar refractivity (Wildman–Crippen MR) is 88.1 cm³/mol. The smallest absolute Gasteiger partial charge is 0.165 e. The van der Waals surface area contributed by atoms with Gasteiger partial charge in [-0.2, -0.15) is 0 Å². The van der Waals surface area contributed by atoms with Crippen molar-refractivity contribution in [2.45, 2.75) is 51.7 Å². The van der Waals surface area contributed by atoms with E-state index in [4.69, 9.17) is 4.74 Å². The minimum absolute atomic E-state index is 0.418. The minimum Gasteiger partial charge on any atom is -0.497 e. The van der Waals surface area contributed by atoms with E-state index in [0.29, 0.717) is 6.04 Å². The summed E-state index contributed by atoms with van der Waals surface area (Å²) < 4.78 is 7.31. The molecule has 6 nitrogen and oxygen atoms in total. The molecule has 2 aromatic rings. The standard InChI is InChI=1S/C17H25N5O/c1-3-4-11-22-17(18-19-20-22)13-21-10-6-9-16(21)14-7-5-8-15(12-14)23-2/h5,7-8,12,16H,3-4,6,9-11,13H2,1-2H3/t16-/m0/s1. The van der Waals surface area contributed by atoms with E-state index in [0.717, 1.165) is 44.0 Å². The zero-order valence-electron chi connectivity index (χ0n) is 14.0. The van der Waals surface area contributed by atoms with Crippen LogP contribution in [0.1, 0.15) is 50.0 Å². The topological polar surface area (TPSA) is 56.1 Å². The Morgan fingerprint density at radius 2 is 2.26 bits per heavy atom. The third-order valence-electron chi connectivity index (χ3n) is 4.52. The number of aromatic nitrogens is 4. The molecular formula is C17H25N5O. The van der Waals surface area contributed by atoms with Crippen LogP contribution >= 0.6 is 0 Å². The molecule has 1 aliphatic rings. The van der Waals surface area contributed by atoms with Gasteiger partial charge < -0.3 is 4.74 Å². The average Bonchev–Trinajstić information content (AvgIpc) is 3.23. The molecule has 0 N–H and O–H groups in total. The molecule has 1 aromatic carbocycles. The van der Waals surface area contributed by atoms with Crippen molar-refractivity contribution in [3.05, 3.63) is 35.7 Å². The van der Waals surface area contributed by atoms with Crippen LogP contribution in [0, 0.1) is 0 Å². The normalized spacial score (nSPS) is 18.4. The van der Waals surface area contributed by atoms with E-state index in [-0.39, 0.29) is 0 Å². The largest absolute Gasteiger partial charge is 0.497 e. The fraction of sp³-hybridized carbons (Fsp3) is 0.588. The molecule has 0 saturated carbocycles. The minimum atomic E-state index is 0.418. The summed E-state index contributed by atoms with van der Waals surface area (Å²) in [5.74, 6) is 1.88. The molecule has 0 unspecified atom stereocenters. The summed E-state index contributed by atoms with van der Waals surface area (Å²) in [6.45, 7) is 4.97. The number of benzene rings is 1. The van der Waals surface area contributed by atoms with Gasteiger partial charge in [-0.15, -0.1) is 5.10 Å². The second-order valence-electron chi connectivity index (χ2n) is 6.08. The Morgan fingerprint density at radius 3 is 3.09 bits per heavy atom. The lowest BCUT2D eigenvalue weighted by molar-refractivity contribution is 0.236. The quantitative estimate of drug-likeness (QED) is 0.786. The summed E-state index contributed by atoms with van der Waals surface area (Å²) in [7, 11) is 1.72. The fourth-order valence-electron chi connectivity index (χ4n) is 3.24. The first-order valence-electron chi connectivity index (χ1n) is 8.45. The number of rotatable bonds is 7. The molecule has 3 rings (SSSR count). The number of unbranched alkanes of at least 4 members (excludes halogenated alkanes) is 1. The molecule has 124 valence electrons. The summed E-state index contributed by atoms with van der Waals surface area (Å²) in [4.78, 5) is 2.48. The maximum absolute atomic E-state index is 5.36. The number of tetrazole rings is 1. The summed E-state index contributed by atoms with van der Waals surface area (Å²) in [6.07, 6.45) is 4.63. The van der Waals surface area contributed by atoms with Crippen LogP contribution in [0.15, 0.2) is 24.3 Å². The number of hydrogen-bond acceptors (Lipinski definition) is 5. The molecule has 1 atom stereocenters. The van der Waals surface area contributed by atoms with E-state index < -0.39 is 0 Å². The van der Waals surface area contributed by atoms with E-state index >= 15 is 0 Å². The highest BCUT2D eigenvalue weighted by Gasteiger charge is 2.27. The van der Waals surface area contributed by atoms with Crippen molar-refractivity contribution in [2.75, 3.05) is 13.7 Å². The van der Waals surface area contributed by atoms with Crippen molar-refractivity contribution >= 4 is 0 Å². The van der Waals surface area contributed by atoms with Gasteiger partial charge in [0.15, 0.2) is 5.82 Å². The lowest BCUT2D eigenvalue weighted by Crippen LogP contribution is -2.25. The Bertz CT molecular complexity index is 627. The van der Waals surface area contributed by atoms with Crippen molar-refractivity contribution in [3.8, 4) is 5.75 Å². The van der Waals surface area contributed by atoms with Gasteiger partial charge in [0.25, 0.3) is 0 Å². The monoisotopic (exact) mass is 315 g/mol. The Morgan fingerprint density at radius 1 is 1.35 bits per heavy atom. The van der Waals surface area contributed by atoms with Gasteiger partial charge in [-0.25, -0.2) is 4.68 Å². The van der Waals surface area contributed by atoms with Gasteiger partial charge in [0.1, 0.15) is 5.75 Å². The second kappa shape index (κ2) is 7.55. The van der Waals surface area contributed by atoms with Crippen molar-refractivity contribution < 1.29 is 4.74 Å². The third-order valence-corrected chi connectivity index (χ3v) is 4.52.